The Labute approximate surface area is 170 Å². The quantitative estimate of drug-likeness (QED) is 0.414. The average Bonchev–Trinajstić information content (AvgIpc) is 2.67. The van der Waals surface area contributed by atoms with Gasteiger partial charge in [-0.25, -0.2) is 4.79 Å². The van der Waals surface area contributed by atoms with Crippen molar-refractivity contribution in [3.8, 4) is 0 Å². The van der Waals surface area contributed by atoms with Crippen LogP contribution in [-0.2, 0) is 4.74 Å². The third kappa shape index (κ3) is 7.83. The van der Waals surface area contributed by atoms with Gasteiger partial charge in [0.25, 0.3) is 0 Å². The lowest BCUT2D eigenvalue weighted by Gasteiger charge is -2.36. The minimum Gasteiger partial charge on any atom is -0.444 e. The summed E-state index contributed by atoms with van der Waals surface area (Å²) in [6, 6.07) is 0. The van der Waals surface area contributed by atoms with Crippen LogP contribution in [0.1, 0.15) is 40.5 Å². The molecule has 2 N–H and O–H groups in total. The number of aliphatic imine (C=N–C) groups is 1. The highest BCUT2D eigenvalue weighted by atomic mass is 16.6. The van der Waals surface area contributed by atoms with Crippen LogP contribution < -0.4 is 5.73 Å². The van der Waals surface area contributed by atoms with Gasteiger partial charge in [-0.2, -0.15) is 0 Å². The molecule has 0 aliphatic carbocycles. The molecule has 2 aliphatic rings. The average molecular weight is 397 g/mol. The molecule has 1 amide bonds. The zero-order chi connectivity index (χ0) is 20.6. The minimum atomic E-state index is -0.460. The molecule has 0 spiro atoms. The number of piperazine rings is 2. The van der Waals surface area contributed by atoms with Crippen LogP contribution in [0.5, 0.6) is 0 Å². The van der Waals surface area contributed by atoms with Crippen molar-refractivity contribution in [3.05, 3.63) is 0 Å². The van der Waals surface area contributed by atoms with Crippen LogP contribution in [0.15, 0.2) is 4.99 Å². The molecule has 0 aromatic rings. The van der Waals surface area contributed by atoms with Crippen LogP contribution >= 0.6 is 0 Å². The molecule has 28 heavy (non-hydrogen) atoms. The maximum absolute atomic E-state index is 12.1. The van der Waals surface area contributed by atoms with Crippen LogP contribution in [0, 0.1) is 0 Å². The molecule has 2 saturated heterocycles. The first-order chi connectivity index (χ1) is 13.3. The smallest absolute Gasteiger partial charge is 0.410 e. The van der Waals surface area contributed by atoms with Crippen molar-refractivity contribution in [1.82, 2.24) is 19.6 Å². The van der Waals surface area contributed by atoms with Crippen LogP contribution in [0.4, 0.5) is 4.79 Å². The highest BCUT2D eigenvalue weighted by molar-refractivity contribution is 5.78. The molecule has 0 radical (unpaired) electrons. The summed E-state index contributed by atoms with van der Waals surface area (Å²) in [5, 5.41) is 0. The van der Waals surface area contributed by atoms with Crippen LogP contribution in [0.25, 0.3) is 0 Å². The molecule has 2 heterocycles. The Bertz CT molecular complexity index is 503. The largest absolute Gasteiger partial charge is 0.444 e. The van der Waals surface area contributed by atoms with E-state index in [1.165, 1.54) is 26.2 Å². The van der Waals surface area contributed by atoms with E-state index in [-0.39, 0.29) is 6.09 Å². The summed E-state index contributed by atoms with van der Waals surface area (Å²) in [6.07, 6.45) is 1.98. The third-order valence-electron chi connectivity index (χ3n) is 5.32. The lowest BCUT2D eigenvalue weighted by atomic mass is 10.2. The molecule has 8 heteroatoms. The normalized spacial score (nSPS) is 20.5. The van der Waals surface area contributed by atoms with Gasteiger partial charge in [0.15, 0.2) is 5.96 Å². The van der Waals surface area contributed by atoms with E-state index in [2.05, 4.69) is 26.6 Å². The molecule has 0 unspecified atom stereocenters. The highest BCUT2D eigenvalue weighted by Crippen LogP contribution is 2.12. The van der Waals surface area contributed by atoms with E-state index >= 15 is 0 Å². The lowest BCUT2D eigenvalue weighted by Crippen LogP contribution is -2.53. The van der Waals surface area contributed by atoms with Gasteiger partial charge >= 0.3 is 6.09 Å². The number of nitrogens with two attached hydrogens (primary N) is 1. The van der Waals surface area contributed by atoms with Gasteiger partial charge in [-0.15, -0.1) is 0 Å². The molecule has 2 aliphatic heterocycles. The van der Waals surface area contributed by atoms with Crippen molar-refractivity contribution in [1.29, 1.82) is 0 Å². The second kappa shape index (κ2) is 10.9. The number of rotatable bonds is 6. The molecule has 0 aromatic heterocycles. The molecule has 2 rings (SSSR count). The molecule has 2 fully saturated rings. The van der Waals surface area contributed by atoms with E-state index in [0.717, 1.165) is 32.5 Å². The SMILES string of the molecule is CCN1CCN(CCCCN=C(N)N2CCN(C(=O)OC(C)(C)C)CC2)CC1. The molecule has 0 bridgehead atoms. The summed E-state index contributed by atoms with van der Waals surface area (Å²) in [7, 11) is 0. The summed E-state index contributed by atoms with van der Waals surface area (Å²) in [5.41, 5.74) is 5.69. The summed E-state index contributed by atoms with van der Waals surface area (Å²) in [6.45, 7) is 18.4. The Kier molecular flexibility index (Phi) is 8.82. The maximum Gasteiger partial charge on any atom is 0.410 e. The summed E-state index contributed by atoms with van der Waals surface area (Å²) < 4.78 is 5.43. The van der Waals surface area contributed by atoms with Crippen molar-refractivity contribution < 1.29 is 9.53 Å². The number of hydrogen-bond acceptors (Lipinski definition) is 5. The van der Waals surface area contributed by atoms with Crippen LogP contribution in [-0.4, -0.2) is 109 Å². The molecule has 0 aromatic carbocycles. The lowest BCUT2D eigenvalue weighted by molar-refractivity contribution is 0.0186. The van der Waals surface area contributed by atoms with Gasteiger partial charge in [0, 0.05) is 58.9 Å². The van der Waals surface area contributed by atoms with Gasteiger partial charge in [-0.1, -0.05) is 6.92 Å². The zero-order valence-corrected chi connectivity index (χ0v) is 18.3. The van der Waals surface area contributed by atoms with Gasteiger partial charge in [0.2, 0.25) is 0 Å². The Morgan fingerprint density at radius 1 is 0.929 bits per heavy atom. The van der Waals surface area contributed by atoms with Crippen molar-refractivity contribution in [2.24, 2.45) is 10.7 Å². The van der Waals surface area contributed by atoms with Crippen molar-refractivity contribution in [3.63, 3.8) is 0 Å². The number of nitrogens with zero attached hydrogens (tertiary/aromatic N) is 5. The number of amides is 1. The number of carbonyl (C=O) groups excluding carboxylic acids is 1. The molecular formula is C20H40N6O2. The second-order valence-electron chi connectivity index (χ2n) is 8.68. The summed E-state index contributed by atoms with van der Waals surface area (Å²) in [4.78, 5) is 25.5. The van der Waals surface area contributed by atoms with Gasteiger partial charge in [0.1, 0.15) is 5.60 Å². The van der Waals surface area contributed by atoms with Crippen LogP contribution in [0.2, 0.25) is 0 Å². The van der Waals surface area contributed by atoms with Crippen molar-refractivity contribution in [2.45, 2.75) is 46.1 Å². The summed E-state index contributed by atoms with van der Waals surface area (Å²) >= 11 is 0. The van der Waals surface area contributed by atoms with E-state index < -0.39 is 5.60 Å². The standard InChI is InChI=1S/C20H40N6O2/c1-5-23-10-12-24(13-11-23)9-7-6-8-22-18(21)25-14-16-26(17-15-25)19(27)28-20(2,3)4/h5-17H2,1-4H3,(H2,21,22). The molecule has 162 valence electrons. The fourth-order valence-electron chi connectivity index (χ4n) is 3.51. The molecular weight excluding hydrogens is 356 g/mol. The van der Waals surface area contributed by atoms with Crippen LogP contribution in [0.3, 0.4) is 0 Å². The number of hydrogen-bond donors (Lipinski definition) is 1. The third-order valence-corrected chi connectivity index (χ3v) is 5.32. The molecule has 0 saturated carbocycles. The maximum atomic E-state index is 12.1. The van der Waals surface area contributed by atoms with Gasteiger partial charge in [0.05, 0.1) is 0 Å². The van der Waals surface area contributed by atoms with E-state index in [1.807, 2.05) is 20.8 Å². The number of ether oxygens (including phenoxy) is 1. The van der Waals surface area contributed by atoms with E-state index in [4.69, 9.17) is 10.5 Å². The van der Waals surface area contributed by atoms with E-state index in [9.17, 15) is 4.79 Å². The fourth-order valence-corrected chi connectivity index (χ4v) is 3.51. The summed E-state index contributed by atoms with van der Waals surface area (Å²) in [5.74, 6) is 0.598. The second-order valence-corrected chi connectivity index (χ2v) is 8.68. The fraction of sp³-hybridized carbons (Fsp3) is 0.900. The number of likely N-dealkylation sites (N-methyl/N-ethyl adjacent to an activating group) is 1. The zero-order valence-electron chi connectivity index (χ0n) is 18.3. The monoisotopic (exact) mass is 396 g/mol. The van der Waals surface area contributed by atoms with Gasteiger partial charge in [-0.3, -0.25) is 4.99 Å². The topological polar surface area (TPSA) is 77.6 Å². The molecule has 8 nitrogen and oxygen atoms in total. The Morgan fingerprint density at radius 2 is 1.50 bits per heavy atom. The first-order valence-electron chi connectivity index (χ1n) is 10.8. The minimum absolute atomic E-state index is 0.248. The molecule has 0 atom stereocenters. The number of guanidine groups is 1. The highest BCUT2D eigenvalue weighted by Gasteiger charge is 2.26. The Hall–Kier alpha value is -1.54. The van der Waals surface area contributed by atoms with Gasteiger partial charge in [-0.05, 0) is 46.7 Å². The Balaban J connectivity index is 1.59. The van der Waals surface area contributed by atoms with Crippen molar-refractivity contribution >= 4 is 12.1 Å². The van der Waals surface area contributed by atoms with E-state index in [0.29, 0.717) is 32.1 Å². The van der Waals surface area contributed by atoms with Crippen molar-refractivity contribution in [2.75, 3.05) is 72.0 Å². The first kappa shape index (κ1) is 22.7. The number of carbonyl (C=O) groups is 1. The number of unbranched alkanes of at least 4 members (excludes halogenated alkanes) is 1. The van der Waals surface area contributed by atoms with Gasteiger partial charge < -0.3 is 30.1 Å². The Morgan fingerprint density at radius 3 is 2.07 bits per heavy atom. The van der Waals surface area contributed by atoms with E-state index in [1.54, 1.807) is 4.90 Å². The predicted molar refractivity (Wildman–Crippen MR) is 114 cm³/mol. The predicted octanol–water partition coefficient (Wildman–Crippen LogP) is 1.27. The first-order valence-corrected chi connectivity index (χ1v) is 10.8.